The Morgan fingerprint density at radius 3 is 2.72 bits per heavy atom. The highest BCUT2D eigenvalue weighted by atomic mass is 16.7. The minimum atomic E-state index is -0.854. The monoisotopic (exact) mass is 406 g/mol. The molecule has 1 N–H and O–H groups in total. The van der Waals surface area contributed by atoms with Crippen LogP contribution in [0.1, 0.15) is 44.6 Å². The van der Waals surface area contributed by atoms with Crippen LogP contribution in [0.2, 0.25) is 0 Å². The van der Waals surface area contributed by atoms with E-state index in [-0.39, 0.29) is 25.2 Å². The molecule has 0 bridgehead atoms. The molecule has 1 aromatic rings. The van der Waals surface area contributed by atoms with Crippen molar-refractivity contribution >= 4 is 11.9 Å². The lowest BCUT2D eigenvalue weighted by Crippen LogP contribution is -2.40. The number of hydrogen-bond donors (Lipinski definition) is 1. The standard InChI is InChI=1S/C21H30N2O6/c1-3-5-8-23(29-9-4-2)20(24)13-22-11-16(17(12-22)21(25)26)15-6-7-18-19(10-15)28-14-27-18/h6-7,10,16-17H,3-5,8-9,11-14H2,1-2H3,(H,25,26). The lowest BCUT2D eigenvalue weighted by atomic mass is 9.89. The number of benzene rings is 1. The Labute approximate surface area is 171 Å². The van der Waals surface area contributed by atoms with Crippen LogP contribution in [-0.4, -0.2) is 66.5 Å². The van der Waals surface area contributed by atoms with Crippen molar-refractivity contribution in [2.75, 3.05) is 39.6 Å². The predicted molar refractivity (Wildman–Crippen MR) is 106 cm³/mol. The fourth-order valence-electron chi connectivity index (χ4n) is 3.78. The maximum Gasteiger partial charge on any atom is 0.308 e. The number of nitrogens with zero attached hydrogens (tertiary/aromatic N) is 2. The summed E-state index contributed by atoms with van der Waals surface area (Å²) < 4.78 is 10.8. The minimum Gasteiger partial charge on any atom is -0.481 e. The predicted octanol–water partition coefficient (Wildman–Crippen LogP) is 2.49. The topological polar surface area (TPSA) is 88.5 Å². The summed E-state index contributed by atoms with van der Waals surface area (Å²) in [4.78, 5) is 32.1. The fraction of sp³-hybridized carbons (Fsp3) is 0.619. The Morgan fingerprint density at radius 2 is 2.00 bits per heavy atom. The van der Waals surface area contributed by atoms with Crippen LogP contribution in [0.3, 0.4) is 0 Å². The van der Waals surface area contributed by atoms with Crippen LogP contribution in [0.15, 0.2) is 18.2 Å². The highest BCUT2D eigenvalue weighted by molar-refractivity contribution is 5.78. The lowest BCUT2D eigenvalue weighted by molar-refractivity contribution is -0.187. The van der Waals surface area contributed by atoms with Crippen molar-refractivity contribution in [1.82, 2.24) is 9.96 Å². The molecule has 0 spiro atoms. The summed E-state index contributed by atoms with van der Waals surface area (Å²) in [5.74, 6) is -0.459. The highest BCUT2D eigenvalue weighted by Crippen LogP contribution is 2.39. The van der Waals surface area contributed by atoms with E-state index in [0.717, 1.165) is 24.8 Å². The van der Waals surface area contributed by atoms with Gasteiger partial charge in [0.25, 0.3) is 5.91 Å². The van der Waals surface area contributed by atoms with Crippen LogP contribution < -0.4 is 9.47 Å². The first-order valence-corrected chi connectivity index (χ1v) is 10.3. The Bertz CT molecular complexity index is 717. The van der Waals surface area contributed by atoms with Crippen LogP contribution in [0, 0.1) is 5.92 Å². The largest absolute Gasteiger partial charge is 0.481 e. The third-order valence-electron chi connectivity index (χ3n) is 5.34. The number of fused-ring (bicyclic) bond motifs is 1. The van der Waals surface area contributed by atoms with Gasteiger partial charge in [0.05, 0.1) is 19.1 Å². The number of hydroxylamine groups is 2. The lowest BCUT2D eigenvalue weighted by Gasteiger charge is -2.24. The average molecular weight is 406 g/mol. The average Bonchev–Trinajstić information content (AvgIpc) is 3.34. The molecule has 8 nitrogen and oxygen atoms in total. The number of carboxylic acid groups (broad SMARTS) is 1. The molecule has 8 heteroatoms. The second kappa shape index (κ2) is 9.93. The summed E-state index contributed by atoms with van der Waals surface area (Å²) in [5.41, 5.74) is 0.890. The normalized spacial score (nSPS) is 20.8. The van der Waals surface area contributed by atoms with Gasteiger partial charge in [-0.15, -0.1) is 0 Å². The van der Waals surface area contributed by atoms with Crippen molar-refractivity contribution in [3.05, 3.63) is 23.8 Å². The van der Waals surface area contributed by atoms with Crippen LogP contribution in [0.4, 0.5) is 0 Å². The Morgan fingerprint density at radius 1 is 1.21 bits per heavy atom. The molecule has 0 radical (unpaired) electrons. The first-order chi connectivity index (χ1) is 14.0. The number of unbranched alkanes of at least 4 members (excludes halogenated alkanes) is 1. The highest BCUT2D eigenvalue weighted by Gasteiger charge is 2.40. The number of ether oxygens (including phenoxy) is 2. The SMILES string of the molecule is CCCCN(OCCC)C(=O)CN1CC(C(=O)O)C(c2ccc3c(c2)OCO3)C1. The van der Waals surface area contributed by atoms with Crippen molar-refractivity contribution in [2.45, 2.75) is 39.0 Å². The molecule has 2 atom stereocenters. The van der Waals surface area contributed by atoms with Crippen LogP contribution in [0.25, 0.3) is 0 Å². The van der Waals surface area contributed by atoms with Crippen molar-refractivity contribution in [3.63, 3.8) is 0 Å². The van der Waals surface area contributed by atoms with E-state index in [2.05, 4.69) is 6.92 Å². The molecule has 1 amide bonds. The van der Waals surface area contributed by atoms with E-state index in [9.17, 15) is 14.7 Å². The van der Waals surface area contributed by atoms with Crippen molar-refractivity contribution < 1.29 is 29.0 Å². The molecular weight excluding hydrogens is 376 g/mol. The number of carbonyl (C=O) groups excluding carboxylic acids is 1. The molecule has 0 saturated carbocycles. The van der Waals surface area contributed by atoms with Gasteiger partial charge in [-0.05, 0) is 30.5 Å². The molecule has 2 aliphatic rings. The van der Waals surface area contributed by atoms with Gasteiger partial charge in [0.2, 0.25) is 6.79 Å². The van der Waals surface area contributed by atoms with Gasteiger partial charge in [0, 0.05) is 25.6 Å². The van der Waals surface area contributed by atoms with E-state index in [1.54, 1.807) is 0 Å². The molecular formula is C21H30N2O6. The zero-order valence-corrected chi connectivity index (χ0v) is 17.1. The zero-order chi connectivity index (χ0) is 20.8. The molecule has 0 aliphatic carbocycles. The first-order valence-electron chi connectivity index (χ1n) is 10.3. The minimum absolute atomic E-state index is 0.123. The summed E-state index contributed by atoms with van der Waals surface area (Å²) in [5, 5.41) is 11.2. The van der Waals surface area contributed by atoms with Gasteiger partial charge in [-0.1, -0.05) is 26.3 Å². The first kappa shape index (κ1) is 21.4. The summed E-state index contributed by atoms with van der Waals surface area (Å²) in [6.45, 7) is 6.26. The fourth-order valence-corrected chi connectivity index (χ4v) is 3.78. The van der Waals surface area contributed by atoms with Gasteiger partial charge >= 0.3 is 5.97 Å². The molecule has 160 valence electrons. The Kier molecular flexibility index (Phi) is 7.33. The van der Waals surface area contributed by atoms with Gasteiger partial charge in [-0.25, -0.2) is 5.06 Å². The molecule has 2 aliphatic heterocycles. The number of carboxylic acids is 1. The third-order valence-corrected chi connectivity index (χ3v) is 5.34. The van der Waals surface area contributed by atoms with Crippen LogP contribution in [-0.2, 0) is 14.4 Å². The van der Waals surface area contributed by atoms with E-state index in [1.165, 1.54) is 5.06 Å². The number of aliphatic carboxylic acids is 1. The van der Waals surface area contributed by atoms with Gasteiger partial charge in [-0.2, -0.15) is 0 Å². The number of rotatable bonds is 10. The van der Waals surface area contributed by atoms with E-state index in [4.69, 9.17) is 14.3 Å². The maximum atomic E-state index is 12.8. The van der Waals surface area contributed by atoms with Crippen molar-refractivity contribution in [3.8, 4) is 11.5 Å². The number of amides is 1. The molecule has 29 heavy (non-hydrogen) atoms. The number of hydrogen-bond acceptors (Lipinski definition) is 6. The summed E-state index contributed by atoms with van der Waals surface area (Å²) in [7, 11) is 0. The summed E-state index contributed by atoms with van der Waals surface area (Å²) in [6.07, 6.45) is 2.66. The van der Waals surface area contributed by atoms with Gasteiger partial charge in [0.15, 0.2) is 11.5 Å². The molecule has 1 fully saturated rings. The molecule has 2 unspecified atom stereocenters. The molecule has 3 rings (SSSR count). The second-order valence-electron chi connectivity index (χ2n) is 7.54. The second-order valence-corrected chi connectivity index (χ2v) is 7.54. The number of likely N-dealkylation sites (tertiary alicyclic amines) is 1. The Balaban J connectivity index is 1.68. The summed E-state index contributed by atoms with van der Waals surface area (Å²) >= 11 is 0. The van der Waals surface area contributed by atoms with Crippen LogP contribution in [0.5, 0.6) is 11.5 Å². The van der Waals surface area contributed by atoms with Gasteiger partial charge in [-0.3, -0.25) is 19.3 Å². The molecule has 1 saturated heterocycles. The zero-order valence-electron chi connectivity index (χ0n) is 17.1. The van der Waals surface area contributed by atoms with Crippen molar-refractivity contribution in [1.29, 1.82) is 0 Å². The summed E-state index contributed by atoms with van der Waals surface area (Å²) in [6, 6.07) is 5.55. The Hall–Kier alpha value is -2.32. The quantitative estimate of drug-likeness (QED) is 0.597. The molecule has 2 heterocycles. The van der Waals surface area contributed by atoms with E-state index >= 15 is 0 Å². The molecule has 0 aromatic heterocycles. The number of carbonyl (C=O) groups is 2. The smallest absolute Gasteiger partial charge is 0.308 e. The maximum absolute atomic E-state index is 12.8. The van der Waals surface area contributed by atoms with E-state index in [0.29, 0.717) is 37.7 Å². The van der Waals surface area contributed by atoms with E-state index in [1.807, 2.05) is 30.0 Å². The third kappa shape index (κ3) is 5.19. The molecule has 1 aromatic carbocycles. The van der Waals surface area contributed by atoms with Gasteiger partial charge < -0.3 is 14.6 Å². The van der Waals surface area contributed by atoms with Gasteiger partial charge in [0.1, 0.15) is 0 Å². The van der Waals surface area contributed by atoms with Crippen molar-refractivity contribution in [2.24, 2.45) is 5.92 Å². The van der Waals surface area contributed by atoms with E-state index < -0.39 is 11.9 Å². The van der Waals surface area contributed by atoms with Crippen LogP contribution >= 0.6 is 0 Å².